The number of hydrogen-bond acceptors (Lipinski definition) is 5. The van der Waals surface area contributed by atoms with Gasteiger partial charge in [0, 0.05) is 36.0 Å². The van der Waals surface area contributed by atoms with E-state index in [1.165, 1.54) is 17.6 Å². The summed E-state index contributed by atoms with van der Waals surface area (Å²) < 4.78 is 7.20. The molecule has 0 saturated carbocycles. The molecule has 0 radical (unpaired) electrons. The van der Waals surface area contributed by atoms with Gasteiger partial charge in [-0.25, -0.2) is 4.98 Å². The number of aromatic nitrogens is 2. The number of nitrogens with zero attached hydrogens (tertiary/aromatic N) is 3. The number of halogens is 1. The molecule has 140 valence electrons. The van der Waals surface area contributed by atoms with Gasteiger partial charge in [0.05, 0.1) is 24.8 Å². The first kappa shape index (κ1) is 18.2. The molecule has 0 amide bonds. The number of benzene rings is 1. The fourth-order valence-corrected chi connectivity index (χ4v) is 4.33. The molecule has 1 aliphatic heterocycles. The highest BCUT2D eigenvalue weighted by Gasteiger charge is 2.34. The summed E-state index contributed by atoms with van der Waals surface area (Å²) in [6, 6.07) is 11.7. The number of methoxy groups -OCH3 is 1. The minimum absolute atomic E-state index is 0.204. The van der Waals surface area contributed by atoms with Crippen molar-refractivity contribution in [2.45, 2.75) is 32.1 Å². The van der Waals surface area contributed by atoms with Gasteiger partial charge in [0.25, 0.3) is 0 Å². The topological polar surface area (TPSA) is 47.4 Å². The zero-order valence-electron chi connectivity index (χ0n) is 15.0. The lowest BCUT2D eigenvalue weighted by Crippen LogP contribution is -2.46. The van der Waals surface area contributed by atoms with Crippen molar-refractivity contribution in [2.75, 3.05) is 7.11 Å². The largest absolute Gasteiger partial charge is 0.468 e. The quantitative estimate of drug-likeness (QED) is 0.611. The Morgan fingerprint density at radius 2 is 2.11 bits per heavy atom. The molecule has 1 aromatic carbocycles. The molecule has 7 heteroatoms. The zero-order chi connectivity index (χ0) is 18.8. The average Bonchev–Trinajstić information content (AvgIpc) is 3.32. The van der Waals surface area contributed by atoms with Crippen LogP contribution in [0.2, 0.25) is 5.02 Å². The third-order valence-electron chi connectivity index (χ3n) is 4.89. The zero-order valence-corrected chi connectivity index (χ0v) is 16.5. The fraction of sp³-hybridized carbons (Fsp3) is 0.300. The molecule has 0 N–H and O–H groups in total. The molecular weight excluding hydrogens is 382 g/mol. The first-order chi connectivity index (χ1) is 13.1. The van der Waals surface area contributed by atoms with Crippen LogP contribution in [-0.2, 0) is 35.6 Å². The van der Waals surface area contributed by atoms with Gasteiger partial charge >= 0.3 is 5.97 Å². The number of carbonyl (C=O) groups is 1. The predicted octanol–water partition coefficient (Wildman–Crippen LogP) is 3.75. The van der Waals surface area contributed by atoms with E-state index in [2.05, 4.69) is 25.9 Å². The second-order valence-corrected chi connectivity index (χ2v) is 8.09. The lowest BCUT2D eigenvalue weighted by atomic mass is 10.0. The first-order valence-corrected chi connectivity index (χ1v) is 10.0. The van der Waals surface area contributed by atoms with Gasteiger partial charge in [-0.2, -0.15) is 0 Å². The molecule has 0 fully saturated rings. The second-order valence-electron chi connectivity index (χ2n) is 6.62. The lowest BCUT2D eigenvalue weighted by Gasteiger charge is -2.33. The smallest absolute Gasteiger partial charge is 0.323 e. The molecule has 1 unspecified atom stereocenters. The van der Waals surface area contributed by atoms with Crippen molar-refractivity contribution in [1.82, 2.24) is 14.5 Å². The van der Waals surface area contributed by atoms with Crippen molar-refractivity contribution in [3.8, 4) is 0 Å². The molecule has 3 aromatic rings. The van der Waals surface area contributed by atoms with Crippen LogP contribution in [0.1, 0.15) is 21.8 Å². The monoisotopic (exact) mass is 401 g/mol. The van der Waals surface area contributed by atoms with Crippen molar-refractivity contribution in [3.05, 3.63) is 75.0 Å². The number of ether oxygens (including phenoxy) is 1. The molecule has 3 heterocycles. The number of hydrogen-bond donors (Lipinski definition) is 0. The number of carbonyl (C=O) groups excluding carboxylic acids is 1. The summed E-state index contributed by atoms with van der Waals surface area (Å²) in [5.41, 5.74) is 3.29. The van der Waals surface area contributed by atoms with E-state index in [1.54, 1.807) is 11.3 Å². The van der Waals surface area contributed by atoms with Crippen LogP contribution in [0.4, 0.5) is 0 Å². The molecule has 1 atom stereocenters. The third-order valence-corrected chi connectivity index (χ3v) is 6.00. The Morgan fingerprint density at radius 3 is 2.81 bits per heavy atom. The number of thiophene rings is 1. The van der Waals surface area contributed by atoms with Gasteiger partial charge in [0.15, 0.2) is 0 Å². The van der Waals surface area contributed by atoms with Crippen LogP contribution in [-0.4, -0.2) is 33.6 Å². The van der Waals surface area contributed by atoms with Gasteiger partial charge in [0.2, 0.25) is 0 Å². The molecule has 4 rings (SSSR count). The van der Waals surface area contributed by atoms with Crippen molar-refractivity contribution < 1.29 is 9.53 Å². The van der Waals surface area contributed by atoms with Gasteiger partial charge in [-0.3, -0.25) is 9.69 Å². The van der Waals surface area contributed by atoms with Gasteiger partial charge in [-0.15, -0.1) is 11.3 Å². The van der Waals surface area contributed by atoms with E-state index in [0.29, 0.717) is 13.0 Å². The maximum Gasteiger partial charge on any atom is 0.323 e. The molecule has 0 aliphatic carbocycles. The molecular formula is C20H20ClN3O2S. The summed E-state index contributed by atoms with van der Waals surface area (Å²) in [7, 11) is 1.44. The summed E-state index contributed by atoms with van der Waals surface area (Å²) in [6.07, 6.45) is 2.43. The van der Waals surface area contributed by atoms with Crippen LogP contribution >= 0.6 is 22.9 Å². The van der Waals surface area contributed by atoms with Crippen LogP contribution < -0.4 is 0 Å². The maximum absolute atomic E-state index is 12.3. The van der Waals surface area contributed by atoms with E-state index in [9.17, 15) is 4.79 Å². The van der Waals surface area contributed by atoms with E-state index in [-0.39, 0.29) is 12.0 Å². The minimum atomic E-state index is -0.302. The predicted molar refractivity (Wildman–Crippen MR) is 106 cm³/mol. The molecule has 2 aromatic heterocycles. The van der Waals surface area contributed by atoms with Gasteiger partial charge in [0.1, 0.15) is 6.04 Å². The lowest BCUT2D eigenvalue weighted by molar-refractivity contribution is -0.148. The third kappa shape index (κ3) is 3.93. The Labute approximate surface area is 167 Å². The first-order valence-electron chi connectivity index (χ1n) is 8.75. The number of rotatable bonds is 5. The van der Waals surface area contributed by atoms with E-state index < -0.39 is 0 Å². The molecule has 1 aliphatic rings. The Hall–Kier alpha value is -2.15. The van der Waals surface area contributed by atoms with Crippen molar-refractivity contribution in [3.63, 3.8) is 0 Å². The highest BCUT2D eigenvalue weighted by molar-refractivity contribution is 7.09. The Kier molecular flexibility index (Phi) is 5.29. The summed E-state index contributed by atoms with van der Waals surface area (Å²) >= 11 is 7.69. The van der Waals surface area contributed by atoms with Gasteiger partial charge in [-0.05, 0) is 29.1 Å². The Bertz CT molecular complexity index is 921. The minimum Gasteiger partial charge on any atom is -0.468 e. The SMILES string of the molecule is COC(=O)C1Cc2ncn(Cc3ccc(Cl)cc3)c2CN1Cc1cccs1. The summed E-state index contributed by atoms with van der Waals surface area (Å²) in [5.74, 6) is -0.204. The highest BCUT2D eigenvalue weighted by atomic mass is 35.5. The molecule has 0 saturated heterocycles. The summed E-state index contributed by atoms with van der Waals surface area (Å²) in [5, 5.41) is 2.79. The van der Waals surface area contributed by atoms with Crippen LogP contribution in [0.3, 0.4) is 0 Å². The van der Waals surface area contributed by atoms with E-state index >= 15 is 0 Å². The summed E-state index contributed by atoms with van der Waals surface area (Å²) in [6.45, 7) is 2.12. The van der Waals surface area contributed by atoms with Crippen LogP contribution in [0.25, 0.3) is 0 Å². The van der Waals surface area contributed by atoms with Crippen molar-refractivity contribution in [2.24, 2.45) is 0 Å². The number of fused-ring (bicyclic) bond motifs is 1. The van der Waals surface area contributed by atoms with Gasteiger partial charge in [-0.1, -0.05) is 29.8 Å². The highest BCUT2D eigenvalue weighted by Crippen LogP contribution is 2.27. The van der Waals surface area contributed by atoms with Crippen LogP contribution in [0.15, 0.2) is 48.1 Å². The number of esters is 1. The standard InChI is InChI=1S/C20H20ClN3O2S/c1-26-20(25)18-9-17-19(12-23(18)11-16-3-2-8-27-16)24(13-22-17)10-14-4-6-15(21)7-5-14/h2-8,13,18H,9-12H2,1H3. The van der Waals surface area contributed by atoms with Crippen LogP contribution in [0, 0.1) is 0 Å². The Balaban J connectivity index is 1.60. The van der Waals surface area contributed by atoms with Crippen molar-refractivity contribution >= 4 is 28.9 Å². The van der Waals surface area contributed by atoms with E-state index in [4.69, 9.17) is 16.3 Å². The molecule has 0 bridgehead atoms. The normalized spacial score (nSPS) is 16.9. The maximum atomic E-state index is 12.3. The molecule has 0 spiro atoms. The summed E-state index contributed by atoms with van der Waals surface area (Å²) in [4.78, 5) is 20.3. The fourth-order valence-electron chi connectivity index (χ4n) is 3.48. The molecule has 5 nitrogen and oxygen atoms in total. The van der Waals surface area contributed by atoms with Gasteiger partial charge < -0.3 is 9.30 Å². The Morgan fingerprint density at radius 1 is 1.30 bits per heavy atom. The number of imidazole rings is 1. The molecule has 27 heavy (non-hydrogen) atoms. The van der Waals surface area contributed by atoms with E-state index in [0.717, 1.165) is 29.5 Å². The second kappa shape index (κ2) is 7.84. The van der Waals surface area contributed by atoms with Crippen molar-refractivity contribution in [1.29, 1.82) is 0 Å². The van der Waals surface area contributed by atoms with Crippen LogP contribution in [0.5, 0.6) is 0 Å². The average molecular weight is 402 g/mol. The van der Waals surface area contributed by atoms with E-state index in [1.807, 2.05) is 36.7 Å².